The smallest absolute Gasteiger partial charge is 0.0635 e. The van der Waals surface area contributed by atoms with Crippen LogP contribution in [-0.4, -0.2) is 47.0 Å². The predicted octanol–water partition coefficient (Wildman–Crippen LogP) is 0.335. The first-order valence-corrected chi connectivity index (χ1v) is 5.80. The molecule has 0 radical (unpaired) electrons. The third-order valence-electron chi connectivity index (χ3n) is 3.36. The van der Waals surface area contributed by atoms with Crippen molar-refractivity contribution in [2.45, 2.75) is 38.0 Å². The summed E-state index contributed by atoms with van der Waals surface area (Å²) < 4.78 is 0. The number of nitrogens with zero attached hydrogens (tertiary/aromatic N) is 1. The van der Waals surface area contributed by atoms with Crippen molar-refractivity contribution in [3.8, 4) is 0 Å². The molecule has 14 heavy (non-hydrogen) atoms. The van der Waals surface area contributed by atoms with E-state index < -0.39 is 5.60 Å². The Morgan fingerprint density at radius 2 is 2.14 bits per heavy atom. The first-order valence-electron chi connectivity index (χ1n) is 5.17. The second kappa shape index (κ2) is 4.39. The summed E-state index contributed by atoms with van der Waals surface area (Å²) in [5.74, 6) is 0.931. The number of thiol groups is 1. The summed E-state index contributed by atoms with van der Waals surface area (Å²) in [4.78, 5) is 2.24. The van der Waals surface area contributed by atoms with Crippen LogP contribution in [0.1, 0.15) is 20.3 Å². The van der Waals surface area contributed by atoms with Gasteiger partial charge in [0.1, 0.15) is 0 Å². The number of hydrogen-bond acceptors (Lipinski definition) is 4. The number of likely N-dealkylation sites (N-methyl/N-ethyl adjacent to an activating group) is 1. The largest absolute Gasteiger partial charge is 0.390 e. The highest BCUT2D eigenvalue weighted by Crippen LogP contribution is 2.30. The molecule has 0 unspecified atom stereocenters. The molecule has 3 N–H and O–H groups in total. The third-order valence-corrected chi connectivity index (χ3v) is 3.74. The van der Waals surface area contributed by atoms with Gasteiger partial charge in [0.2, 0.25) is 0 Å². The molecule has 1 saturated heterocycles. The minimum absolute atomic E-state index is 0.0197. The first kappa shape index (κ1) is 12.3. The van der Waals surface area contributed by atoms with Crippen molar-refractivity contribution in [3.63, 3.8) is 0 Å². The zero-order valence-corrected chi connectivity index (χ0v) is 10.2. The molecular formula is C10H22N2OS. The van der Waals surface area contributed by atoms with E-state index in [4.69, 9.17) is 5.73 Å². The lowest BCUT2D eigenvalue weighted by molar-refractivity contribution is -0.0326. The van der Waals surface area contributed by atoms with E-state index in [1.54, 1.807) is 0 Å². The average molecular weight is 218 g/mol. The second-order valence-electron chi connectivity index (χ2n) is 4.86. The zero-order valence-electron chi connectivity index (χ0n) is 9.27. The van der Waals surface area contributed by atoms with Crippen LogP contribution in [0.15, 0.2) is 0 Å². The van der Waals surface area contributed by atoms with Gasteiger partial charge in [-0.15, -0.1) is 0 Å². The van der Waals surface area contributed by atoms with Gasteiger partial charge < -0.3 is 15.7 Å². The maximum absolute atomic E-state index is 9.99. The summed E-state index contributed by atoms with van der Waals surface area (Å²) in [6.45, 7) is 4.68. The third kappa shape index (κ3) is 2.42. The molecule has 3 nitrogen and oxygen atoms in total. The maximum atomic E-state index is 9.99. The van der Waals surface area contributed by atoms with Gasteiger partial charge >= 0.3 is 0 Å². The van der Waals surface area contributed by atoms with E-state index in [1.807, 2.05) is 13.8 Å². The van der Waals surface area contributed by atoms with E-state index in [0.717, 1.165) is 18.7 Å². The normalized spacial score (nSPS) is 36.0. The van der Waals surface area contributed by atoms with Gasteiger partial charge in [0.15, 0.2) is 0 Å². The number of hydrogen-bond donors (Lipinski definition) is 3. The second-order valence-corrected chi connectivity index (χ2v) is 5.22. The van der Waals surface area contributed by atoms with Gasteiger partial charge in [-0.3, -0.25) is 0 Å². The first-order chi connectivity index (χ1) is 6.38. The number of likely N-dealkylation sites (tertiary alicyclic amines) is 1. The molecule has 1 rings (SSSR count). The van der Waals surface area contributed by atoms with E-state index in [-0.39, 0.29) is 18.0 Å². The Bertz CT molecular complexity index is 193. The summed E-state index contributed by atoms with van der Waals surface area (Å²) in [5, 5.41) is 9.99. The molecule has 3 atom stereocenters. The Kier molecular flexibility index (Phi) is 3.86. The van der Waals surface area contributed by atoms with Gasteiger partial charge in [0.25, 0.3) is 0 Å². The Hall–Kier alpha value is 0.230. The number of nitrogens with two attached hydrogens (primary N) is 1. The molecule has 84 valence electrons. The summed E-state index contributed by atoms with van der Waals surface area (Å²) in [6.07, 6.45) is 0.964. The highest BCUT2D eigenvalue weighted by molar-refractivity contribution is 7.80. The molecule has 0 aromatic carbocycles. The van der Waals surface area contributed by atoms with E-state index in [1.165, 1.54) is 0 Å². The summed E-state index contributed by atoms with van der Waals surface area (Å²) in [5.41, 5.74) is 5.48. The van der Waals surface area contributed by atoms with Crippen molar-refractivity contribution in [3.05, 3.63) is 0 Å². The highest BCUT2D eigenvalue weighted by Gasteiger charge is 2.40. The fourth-order valence-corrected chi connectivity index (χ4v) is 2.87. The van der Waals surface area contributed by atoms with Gasteiger partial charge in [-0.05, 0) is 33.9 Å². The van der Waals surface area contributed by atoms with Gasteiger partial charge in [-0.2, -0.15) is 12.6 Å². The predicted molar refractivity (Wildman–Crippen MR) is 62.7 cm³/mol. The van der Waals surface area contributed by atoms with Gasteiger partial charge in [0, 0.05) is 23.8 Å². The number of rotatable bonds is 2. The van der Waals surface area contributed by atoms with Crippen LogP contribution in [0.3, 0.4) is 0 Å². The van der Waals surface area contributed by atoms with Gasteiger partial charge in [0.05, 0.1) is 5.60 Å². The molecule has 1 fully saturated rings. The van der Waals surface area contributed by atoms with E-state index >= 15 is 0 Å². The molecule has 1 aliphatic rings. The molecule has 0 aliphatic carbocycles. The Morgan fingerprint density at radius 3 is 2.57 bits per heavy atom. The monoisotopic (exact) mass is 218 g/mol. The summed E-state index contributed by atoms with van der Waals surface area (Å²) >= 11 is 4.32. The molecule has 0 spiro atoms. The van der Waals surface area contributed by atoms with Crippen molar-refractivity contribution >= 4 is 12.6 Å². The van der Waals surface area contributed by atoms with Crippen molar-refractivity contribution in [2.24, 2.45) is 11.7 Å². The number of aliphatic hydroxyl groups is 1. The van der Waals surface area contributed by atoms with E-state index in [9.17, 15) is 5.11 Å². The molecule has 0 amide bonds. The lowest BCUT2D eigenvalue weighted by Crippen LogP contribution is -2.60. The Balaban J connectivity index is 2.74. The lowest BCUT2D eigenvalue weighted by atomic mass is 9.77. The highest BCUT2D eigenvalue weighted by atomic mass is 32.1. The SMILES string of the molecule is CN1CC[C@H](C(C)(C)O)[C@H](N)[C@@H]1CS. The van der Waals surface area contributed by atoms with Crippen LogP contribution in [0.2, 0.25) is 0 Å². The molecule has 0 aromatic rings. The summed E-state index contributed by atoms with van der Waals surface area (Å²) in [6, 6.07) is 0.301. The van der Waals surface area contributed by atoms with Gasteiger partial charge in [-0.1, -0.05) is 0 Å². The molecule has 0 saturated carbocycles. The summed E-state index contributed by atoms with van der Waals surface area (Å²) in [7, 11) is 2.07. The molecule has 1 heterocycles. The lowest BCUT2D eigenvalue weighted by Gasteiger charge is -2.46. The zero-order chi connectivity index (χ0) is 10.9. The topological polar surface area (TPSA) is 49.5 Å². The quantitative estimate of drug-likeness (QED) is 0.586. The van der Waals surface area contributed by atoms with Crippen LogP contribution in [0.5, 0.6) is 0 Å². The molecular weight excluding hydrogens is 196 g/mol. The van der Waals surface area contributed by atoms with Crippen molar-refractivity contribution in [1.29, 1.82) is 0 Å². The van der Waals surface area contributed by atoms with Crippen LogP contribution >= 0.6 is 12.6 Å². The molecule has 4 heteroatoms. The van der Waals surface area contributed by atoms with Crippen molar-refractivity contribution < 1.29 is 5.11 Å². The maximum Gasteiger partial charge on any atom is 0.0635 e. The van der Waals surface area contributed by atoms with Crippen molar-refractivity contribution in [2.75, 3.05) is 19.3 Å². The Labute approximate surface area is 92.1 Å². The van der Waals surface area contributed by atoms with E-state index in [2.05, 4.69) is 24.6 Å². The Morgan fingerprint density at radius 1 is 1.57 bits per heavy atom. The van der Waals surface area contributed by atoms with Crippen LogP contribution in [-0.2, 0) is 0 Å². The van der Waals surface area contributed by atoms with Gasteiger partial charge in [-0.25, -0.2) is 0 Å². The molecule has 1 aliphatic heterocycles. The van der Waals surface area contributed by atoms with Crippen molar-refractivity contribution in [1.82, 2.24) is 4.90 Å². The fraction of sp³-hybridized carbons (Fsp3) is 1.00. The standard InChI is InChI=1S/C10H22N2OS/c1-10(2,13)7-4-5-12(3)8(6-14)9(7)11/h7-9,13-14H,4-6,11H2,1-3H3/t7-,8-,9-/m0/s1. The molecule has 0 bridgehead atoms. The average Bonchev–Trinajstić information content (AvgIpc) is 2.02. The minimum Gasteiger partial charge on any atom is -0.390 e. The minimum atomic E-state index is -0.679. The van der Waals surface area contributed by atoms with Crippen LogP contribution in [0.25, 0.3) is 0 Å². The molecule has 0 aromatic heterocycles. The van der Waals surface area contributed by atoms with Crippen LogP contribution in [0.4, 0.5) is 0 Å². The van der Waals surface area contributed by atoms with Crippen LogP contribution < -0.4 is 5.73 Å². The van der Waals surface area contributed by atoms with Crippen LogP contribution in [0, 0.1) is 5.92 Å². The fourth-order valence-electron chi connectivity index (χ4n) is 2.35. The number of piperidine rings is 1. The van der Waals surface area contributed by atoms with E-state index in [0.29, 0.717) is 0 Å².